The standard InChI is InChI=1S/C22H23Cl2N5O3/c1-22(2,3)32-21(31)28-10-16(26-27-25)20(30)19(11-28)29-17-6-4-12(23)8-14(17)15-9-13(24)5-7-18(15)29/h4-9,16,19-20,30H,10-11H2,1-3H3/t16-,19+,20+/m1/s1. The SMILES string of the molecule is CC(C)(C)OC(=O)N1C[C@@H](N=[N+]=[N-])[C@H](O)[C@@H](n2c3ccc(Cl)cc3c3cc(Cl)ccc32)C1. The molecule has 1 aromatic heterocycles. The van der Waals surface area contributed by atoms with Crippen molar-refractivity contribution in [2.45, 2.75) is 44.6 Å². The highest BCUT2D eigenvalue weighted by Crippen LogP contribution is 2.38. The monoisotopic (exact) mass is 475 g/mol. The molecule has 0 spiro atoms. The van der Waals surface area contributed by atoms with Crippen LogP contribution in [0.3, 0.4) is 0 Å². The minimum absolute atomic E-state index is 0.0609. The van der Waals surface area contributed by atoms with Gasteiger partial charge in [-0.2, -0.15) is 0 Å². The molecule has 1 saturated heterocycles. The zero-order valence-corrected chi connectivity index (χ0v) is 19.4. The first-order valence-corrected chi connectivity index (χ1v) is 10.9. The molecule has 0 unspecified atom stereocenters. The number of ether oxygens (including phenoxy) is 1. The van der Waals surface area contributed by atoms with Gasteiger partial charge >= 0.3 is 6.09 Å². The molecule has 1 fully saturated rings. The quantitative estimate of drug-likeness (QED) is 0.282. The second kappa shape index (κ2) is 8.37. The zero-order valence-electron chi connectivity index (χ0n) is 17.9. The molecule has 3 aromatic rings. The van der Waals surface area contributed by atoms with Crippen molar-refractivity contribution in [2.24, 2.45) is 5.11 Å². The number of benzene rings is 2. The summed E-state index contributed by atoms with van der Waals surface area (Å²) in [7, 11) is 0. The highest BCUT2D eigenvalue weighted by atomic mass is 35.5. The van der Waals surface area contributed by atoms with Crippen molar-refractivity contribution in [2.75, 3.05) is 13.1 Å². The van der Waals surface area contributed by atoms with Crippen molar-refractivity contribution in [1.29, 1.82) is 0 Å². The molecular formula is C22H23Cl2N5O3. The van der Waals surface area contributed by atoms with E-state index in [2.05, 4.69) is 10.0 Å². The van der Waals surface area contributed by atoms with E-state index in [-0.39, 0.29) is 13.1 Å². The molecule has 4 rings (SSSR count). The Morgan fingerprint density at radius 2 is 1.69 bits per heavy atom. The number of piperidine rings is 1. The number of hydrogen-bond donors (Lipinski definition) is 1. The molecule has 1 amide bonds. The fraction of sp³-hybridized carbons (Fsp3) is 0.409. The molecule has 0 radical (unpaired) electrons. The van der Waals surface area contributed by atoms with Crippen LogP contribution in [-0.2, 0) is 4.74 Å². The zero-order chi connectivity index (χ0) is 23.2. The average molecular weight is 476 g/mol. The van der Waals surface area contributed by atoms with Gasteiger partial charge in [0.15, 0.2) is 0 Å². The Kier molecular flexibility index (Phi) is 5.90. The molecule has 0 saturated carbocycles. The number of hydrogen-bond acceptors (Lipinski definition) is 4. The summed E-state index contributed by atoms with van der Waals surface area (Å²) in [6.07, 6.45) is -1.55. The van der Waals surface area contributed by atoms with Crippen LogP contribution in [0.1, 0.15) is 26.8 Å². The van der Waals surface area contributed by atoms with Crippen LogP contribution in [0.4, 0.5) is 4.79 Å². The van der Waals surface area contributed by atoms with Crippen LogP contribution in [0.15, 0.2) is 41.5 Å². The topological polar surface area (TPSA) is 103 Å². The van der Waals surface area contributed by atoms with E-state index in [0.717, 1.165) is 21.8 Å². The van der Waals surface area contributed by atoms with Crippen LogP contribution in [0.25, 0.3) is 32.2 Å². The van der Waals surface area contributed by atoms with Gasteiger partial charge in [-0.3, -0.25) is 0 Å². The van der Waals surface area contributed by atoms with Crippen molar-refractivity contribution in [3.63, 3.8) is 0 Å². The smallest absolute Gasteiger partial charge is 0.410 e. The summed E-state index contributed by atoms with van der Waals surface area (Å²) in [6.45, 7) is 5.59. The van der Waals surface area contributed by atoms with Crippen LogP contribution < -0.4 is 0 Å². The van der Waals surface area contributed by atoms with Gasteiger partial charge in [0.25, 0.3) is 0 Å². The Hall–Kier alpha value is -2.64. The van der Waals surface area contributed by atoms with Gasteiger partial charge in [0.2, 0.25) is 0 Å². The van der Waals surface area contributed by atoms with Gasteiger partial charge in [-0.25, -0.2) is 4.79 Å². The highest BCUT2D eigenvalue weighted by Gasteiger charge is 2.40. The molecule has 1 aliphatic heterocycles. The fourth-order valence-electron chi connectivity index (χ4n) is 4.23. The number of halogens is 2. The van der Waals surface area contributed by atoms with Gasteiger partial charge in [-0.15, -0.1) is 0 Å². The third-order valence-corrected chi connectivity index (χ3v) is 5.98. The van der Waals surface area contributed by atoms with E-state index >= 15 is 0 Å². The van der Waals surface area contributed by atoms with E-state index in [1.54, 1.807) is 32.9 Å². The maximum atomic E-state index is 12.8. The molecule has 8 nitrogen and oxygen atoms in total. The summed E-state index contributed by atoms with van der Waals surface area (Å²) in [6, 6.07) is 9.54. The van der Waals surface area contributed by atoms with Gasteiger partial charge in [0.1, 0.15) is 5.60 Å². The van der Waals surface area contributed by atoms with Crippen LogP contribution in [0.2, 0.25) is 10.0 Å². The lowest BCUT2D eigenvalue weighted by atomic mass is 9.97. The Morgan fingerprint density at radius 3 is 2.19 bits per heavy atom. The van der Waals surface area contributed by atoms with E-state index in [1.165, 1.54) is 4.90 Å². The van der Waals surface area contributed by atoms with E-state index in [9.17, 15) is 9.90 Å². The number of azide groups is 1. The lowest BCUT2D eigenvalue weighted by molar-refractivity contribution is -0.0119. The van der Waals surface area contributed by atoms with Gasteiger partial charge in [-0.1, -0.05) is 28.3 Å². The van der Waals surface area contributed by atoms with E-state index in [1.807, 2.05) is 28.8 Å². The van der Waals surface area contributed by atoms with Gasteiger partial charge in [0, 0.05) is 49.9 Å². The van der Waals surface area contributed by atoms with Crippen molar-refractivity contribution < 1.29 is 14.6 Å². The van der Waals surface area contributed by atoms with Gasteiger partial charge < -0.3 is 19.3 Å². The summed E-state index contributed by atoms with van der Waals surface area (Å²) in [5, 5.41) is 17.8. The number of nitrogens with zero attached hydrogens (tertiary/aromatic N) is 5. The number of amides is 1. The number of carbonyl (C=O) groups excluding carboxylic acids is 1. The summed E-state index contributed by atoms with van der Waals surface area (Å²) in [5.41, 5.74) is 10.0. The lowest BCUT2D eigenvalue weighted by Crippen LogP contribution is -2.54. The summed E-state index contributed by atoms with van der Waals surface area (Å²) >= 11 is 12.5. The largest absolute Gasteiger partial charge is 0.444 e. The molecule has 1 aliphatic rings. The Bertz CT molecular complexity index is 1190. The first-order chi connectivity index (χ1) is 15.1. The minimum atomic E-state index is -1.02. The number of rotatable bonds is 2. The number of likely N-dealkylation sites (tertiary alicyclic amines) is 1. The third-order valence-electron chi connectivity index (χ3n) is 5.51. The van der Waals surface area contributed by atoms with Crippen molar-refractivity contribution in [1.82, 2.24) is 9.47 Å². The van der Waals surface area contributed by atoms with E-state index in [0.29, 0.717) is 10.0 Å². The molecule has 2 heterocycles. The molecule has 3 atom stereocenters. The predicted molar refractivity (Wildman–Crippen MR) is 125 cm³/mol. The molecule has 1 N–H and O–H groups in total. The number of carbonyl (C=O) groups is 1. The summed E-state index contributed by atoms with van der Waals surface area (Å²) in [4.78, 5) is 17.2. The van der Waals surface area contributed by atoms with Gasteiger partial charge in [-0.05, 0) is 62.7 Å². The predicted octanol–water partition coefficient (Wildman–Crippen LogP) is 5.93. The first-order valence-electron chi connectivity index (χ1n) is 10.2. The maximum absolute atomic E-state index is 12.8. The highest BCUT2D eigenvalue weighted by molar-refractivity contribution is 6.33. The lowest BCUT2D eigenvalue weighted by Gasteiger charge is -2.41. The van der Waals surface area contributed by atoms with Crippen molar-refractivity contribution >= 4 is 51.1 Å². The second-order valence-electron chi connectivity index (χ2n) is 8.91. The average Bonchev–Trinajstić information content (AvgIpc) is 3.01. The van der Waals surface area contributed by atoms with Crippen molar-refractivity contribution in [3.05, 3.63) is 56.9 Å². The molecule has 10 heteroatoms. The fourth-order valence-corrected chi connectivity index (χ4v) is 4.58. The van der Waals surface area contributed by atoms with Crippen molar-refractivity contribution in [3.8, 4) is 0 Å². The molecule has 2 aromatic carbocycles. The van der Waals surface area contributed by atoms with Crippen LogP contribution in [0.5, 0.6) is 0 Å². The maximum Gasteiger partial charge on any atom is 0.410 e. The number of aliphatic hydroxyl groups is 1. The van der Waals surface area contributed by atoms with Crippen LogP contribution in [-0.4, -0.2) is 51.5 Å². The van der Waals surface area contributed by atoms with Gasteiger partial charge in [0.05, 0.1) is 18.2 Å². The molecule has 32 heavy (non-hydrogen) atoms. The van der Waals surface area contributed by atoms with E-state index < -0.39 is 29.9 Å². The summed E-state index contributed by atoms with van der Waals surface area (Å²) in [5.74, 6) is 0. The third kappa shape index (κ3) is 4.19. The number of aliphatic hydroxyl groups excluding tert-OH is 1. The number of fused-ring (bicyclic) bond motifs is 3. The first kappa shape index (κ1) is 22.6. The normalized spacial score (nSPS) is 21.6. The Balaban J connectivity index is 1.87. The second-order valence-corrected chi connectivity index (χ2v) is 9.78. The van der Waals surface area contributed by atoms with Crippen LogP contribution in [0, 0.1) is 0 Å². The van der Waals surface area contributed by atoms with E-state index in [4.69, 9.17) is 33.5 Å². The molecule has 0 bridgehead atoms. The number of aromatic nitrogens is 1. The molecule has 168 valence electrons. The Morgan fingerprint density at radius 1 is 1.12 bits per heavy atom. The van der Waals surface area contributed by atoms with Crippen LogP contribution >= 0.6 is 23.2 Å². The molecular weight excluding hydrogens is 453 g/mol. The Labute approximate surface area is 194 Å². The summed E-state index contributed by atoms with van der Waals surface area (Å²) < 4.78 is 7.49. The minimum Gasteiger partial charge on any atom is -0.444 e. The molecule has 0 aliphatic carbocycles.